The number of hydrogen-bond acceptors (Lipinski definition) is 3. The summed E-state index contributed by atoms with van der Waals surface area (Å²) in [5, 5.41) is 10.1. The van der Waals surface area contributed by atoms with Crippen LogP contribution in [0.2, 0.25) is 0 Å². The molecule has 0 aromatic carbocycles. The van der Waals surface area contributed by atoms with Crippen LogP contribution in [0, 0.1) is 28.6 Å². The van der Waals surface area contributed by atoms with Gasteiger partial charge in [0.15, 0.2) is 0 Å². The Labute approximate surface area is 156 Å². The summed E-state index contributed by atoms with van der Waals surface area (Å²) < 4.78 is 0. The Morgan fingerprint density at radius 3 is 2.54 bits per heavy atom. The fourth-order valence-corrected chi connectivity index (χ4v) is 7.09. The highest BCUT2D eigenvalue weighted by molar-refractivity contribution is 5.72. The van der Waals surface area contributed by atoms with Crippen LogP contribution >= 0.6 is 0 Å². The summed E-state index contributed by atoms with van der Waals surface area (Å²) in [6.45, 7) is 4.99. The van der Waals surface area contributed by atoms with Crippen LogP contribution in [0.5, 0.6) is 0 Å². The van der Waals surface area contributed by atoms with Gasteiger partial charge < -0.3 is 5.11 Å². The van der Waals surface area contributed by atoms with E-state index in [4.69, 9.17) is 0 Å². The molecule has 2 fully saturated rings. The molecule has 6 atom stereocenters. The molecule has 4 unspecified atom stereocenters. The average molecular weight is 351 g/mol. The second-order valence-electron chi connectivity index (χ2n) is 9.59. The Morgan fingerprint density at radius 1 is 0.962 bits per heavy atom. The summed E-state index contributed by atoms with van der Waals surface area (Å²) in [7, 11) is 0. The summed E-state index contributed by atoms with van der Waals surface area (Å²) in [4.78, 5) is 8.53. The zero-order valence-corrected chi connectivity index (χ0v) is 16.0. The van der Waals surface area contributed by atoms with Crippen molar-refractivity contribution in [2.75, 3.05) is 0 Å². The highest BCUT2D eigenvalue weighted by Crippen LogP contribution is 2.66. The first-order chi connectivity index (χ1) is 12.5. The Bertz CT molecular complexity index is 770. The fraction of sp³-hybridized carbons (Fsp3) is 0.652. The maximum Gasteiger partial charge on any atom is 0.115 e. The number of nitrogens with zero attached hydrogens (tertiary/aromatic N) is 2. The average Bonchev–Trinajstić information content (AvgIpc) is 3.00. The van der Waals surface area contributed by atoms with Crippen LogP contribution in [0.15, 0.2) is 36.4 Å². The molecule has 0 saturated heterocycles. The van der Waals surface area contributed by atoms with Crippen molar-refractivity contribution in [2.45, 2.75) is 64.9 Å². The lowest BCUT2D eigenvalue weighted by Gasteiger charge is -2.57. The fourth-order valence-electron chi connectivity index (χ4n) is 7.09. The molecular formula is C23H30N2O. The van der Waals surface area contributed by atoms with E-state index in [2.05, 4.69) is 36.0 Å². The Balaban J connectivity index is 1.48. The summed E-state index contributed by atoms with van der Waals surface area (Å²) in [6.07, 6.45) is 18.5. The molecule has 1 heterocycles. The molecule has 0 aliphatic heterocycles. The molecule has 2 saturated carbocycles. The first-order valence-corrected chi connectivity index (χ1v) is 10.4. The lowest BCUT2D eigenvalue weighted by Crippen LogP contribution is -2.49. The number of aliphatic hydroxyl groups is 1. The number of allylic oxidation sites excluding steroid dienone is 3. The minimum absolute atomic E-state index is 0.113. The Hall–Kier alpha value is -1.48. The molecule has 5 rings (SSSR count). The second-order valence-corrected chi connectivity index (χ2v) is 9.59. The molecule has 0 radical (unpaired) electrons. The van der Waals surface area contributed by atoms with Gasteiger partial charge in [0, 0.05) is 18.0 Å². The normalized spacial score (nSPS) is 44.4. The van der Waals surface area contributed by atoms with Gasteiger partial charge in [-0.15, -0.1) is 0 Å². The molecule has 3 nitrogen and oxygen atoms in total. The Kier molecular flexibility index (Phi) is 3.69. The van der Waals surface area contributed by atoms with Crippen LogP contribution < -0.4 is 0 Å². The van der Waals surface area contributed by atoms with Crippen molar-refractivity contribution in [1.29, 1.82) is 0 Å². The maximum absolute atomic E-state index is 10.1. The van der Waals surface area contributed by atoms with Crippen molar-refractivity contribution in [2.24, 2.45) is 28.6 Å². The molecule has 0 amide bonds. The lowest BCUT2D eigenvalue weighted by atomic mass is 9.47. The summed E-state index contributed by atoms with van der Waals surface area (Å²) >= 11 is 0. The predicted octanol–water partition coefficient (Wildman–Crippen LogP) is 4.79. The van der Waals surface area contributed by atoms with E-state index in [9.17, 15) is 5.11 Å². The SMILES string of the molecule is CC12CCC3C(CC=C4C[C@@H](O)CC[C@@]43C)C1CC=C2c1cncnc1. The Morgan fingerprint density at radius 2 is 1.73 bits per heavy atom. The largest absolute Gasteiger partial charge is 0.393 e. The zero-order chi connectivity index (χ0) is 17.9. The minimum atomic E-state index is -0.113. The van der Waals surface area contributed by atoms with Gasteiger partial charge in [0.1, 0.15) is 6.33 Å². The molecule has 0 spiro atoms. The third-order valence-corrected chi connectivity index (χ3v) is 8.53. The van der Waals surface area contributed by atoms with Gasteiger partial charge in [-0.3, -0.25) is 0 Å². The van der Waals surface area contributed by atoms with Gasteiger partial charge >= 0.3 is 0 Å². The van der Waals surface area contributed by atoms with Crippen LogP contribution in [0.1, 0.15) is 64.4 Å². The van der Waals surface area contributed by atoms with Crippen molar-refractivity contribution in [3.05, 3.63) is 42.0 Å². The number of aromatic nitrogens is 2. The number of aliphatic hydroxyl groups excluding tert-OH is 1. The first-order valence-electron chi connectivity index (χ1n) is 10.4. The summed E-state index contributed by atoms with van der Waals surface area (Å²) in [5.41, 5.74) is 4.85. The van der Waals surface area contributed by atoms with Gasteiger partial charge in [-0.05, 0) is 79.1 Å². The third kappa shape index (κ3) is 2.22. The van der Waals surface area contributed by atoms with E-state index in [1.165, 1.54) is 36.8 Å². The van der Waals surface area contributed by atoms with E-state index in [0.29, 0.717) is 5.41 Å². The number of rotatable bonds is 1. The van der Waals surface area contributed by atoms with E-state index in [1.54, 1.807) is 11.9 Å². The number of fused-ring (bicyclic) bond motifs is 5. The van der Waals surface area contributed by atoms with Gasteiger partial charge in [-0.25, -0.2) is 9.97 Å². The van der Waals surface area contributed by atoms with Crippen molar-refractivity contribution >= 4 is 5.57 Å². The number of hydrogen-bond donors (Lipinski definition) is 1. The third-order valence-electron chi connectivity index (χ3n) is 8.53. The van der Waals surface area contributed by atoms with E-state index in [0.717, 1.165) is 37.0 Å². The predicted molar refractivity (Wildman–Crippen MR) is 103 cm³/mol. The van der Waals surface area contributed by atoms with Gasteiger partial charge in [-0.1, -0.05) is 31.6 Å². The lowest BCUT2D eigenvalue weighted by molar-refractivity contribution is -0.0238. The highest BCUT2D eigenvalue weighted by atomic mass is 16.3. The van der Waals surface area contributed by atoms with E-state index < -0.39 is 0 Å². The molecule has 1 N–H and O–H groups in total. The van der Waals surface area contributed by atoms with E-state index in [-0.39, 0.29) is 11.5 Å². The van der Waals surface area contributed by atoms with E-state index in [1.807, 2.05) is 12.4 Å². The topological polar surface area (TPSA) is 46.0 Å². The van der Waals surface area contributed by atoms with Crippen molar-refractivity contribution < 1.29 is 5.11 Å². The maximum atomic E-state index is 10.1. The standard InChI is InChI=1S/C23H30N2O/c1-22-9-7-17(26)11-16(22)3-4-18-20-6-5-19(15-12-24-14-25-13-15)23(20,2)10-8-21(18)22/h3,5,12-14,17-18,20-21,26H,4,6-11H2,1-2H3/t17-,18?,20?,21?,22-,23?/m0/s1. The van der Waals surface area contributed by atoms with E-state index >= 15 is 0 Å². The van der Waals surface area contributed by atoms with Crippen molar-refractivity contribution in [3.63, 3.8) is 0 Å². The molecule has 1 aromatic heterocycles. The van der Waals surface area contributed by atoms with Gasteiger partial charge in [0.05, 0.1) is 6.10 Å². The van der Waals surface area contributed by atoms with Gasteiger partial charge in [0.25, 0.3) is 0 Å². The summed E-state index contributed by atoms with van der Waals surface area (Å²) in [5.74, 6) is 2.29. The zero-order valence-electron chi connectivity index (χ0n) is 16.0. The minimum Gasteiger partial charge on any atom is -0.393 e. The molecule has 4 aliphatic rings. The molecule has 26 heavy (non-hydrogen) atoms. The second kappa shape index (κ2) is 5.76. The van der Waals surface area contributed by atoms with Gasteiger partial charge in [-0.2, -0.15) is 0 Å². The van der Waals surface area contributed by atoms with Crippen molar-refractivity contribution in [3.8, 4) is 0 Å². The molecule has 1 aromatic rings. The first kappa shape index (κ1) is 16.7. The summed E-state index contributed by atoms with van der Waals surface area (Å²) in [6, 6.07) is 0. The molecule has 0 bridgehead atoms. The van der Waals surface area contributed by atoms with Crippen LogP contribution in [0.4, 0.5) is 0 Å². The van der Waals surface area contributed by atoms with Crippen LogP contribution in [-0.2, 0) is 0 Å². The quantitative estimate of drug-likeness (QED) is 0.741. The molecule has 138 valence electrons. The molecular weight excluding hydrogens is 320 g/mol. The van der Waals surface area contributed by atoms with Crippen LogP contribution in [-0.4, -0.2) is 21.2 Å². The van der Waals surface area contributed by atoms with Crippen LogP contribution in [0.25, 0.3) is 5.57 Å². The molecule has 4 aliphatic carbocycles. The smallest absolute Gasteiger partial charge is 0.115 e. The monoisotopic (exact) mass is 350 g/mol. The van der Waals surface area contributed by atoms with Crippen LogP contribution in [0.3, 0.4) is 0 Å². The van der Waals surface area contributed by atoms with Crippen molar-refractivity contribution in [1.82, 2.24) is 9.97 Å². The van der Waals surface area contributed by atoms with Gasteiger partial charge in [0.2, 0.25) is 0 Å². The molecule has 3 heteroatoms. The highest BCUT2D eigenvalue weighted by Gasteiger charge is 2.56.